The molecule has 1 atom stereocenters. The molecule has 0 spiro atoms. The van der Waals surface area contributed by atoms with E-state index < -0.39 is 0 Å². The molecule has 0 aliphatic rings. The number of rotatable bonds is 8. The van der Waals surface area contributed by atoms with Crippen LogP contribution >= 0.6 is 11.6 Å². The van der Waals surface area contributed by atoms with Crippen LogP contribution < -0.4 is 0 Å². The smallest absolute Gasteiger partial charge is 0.183 e. The predicted molar refractivity (Wildman–Crippen MR) is 87.5 cm³/mol. The number of ether oxygens (including phenoxy) is 2. The van der Waals surface area contributed by atoms with E-state index in [-0.39, 0.29) is 6.29 Å². The quantitative estimate of drug-likeness (QED) is 0.387. The van der Waals surface area contributed by atoms with Crippen molar-refractivity contribution in [3.05, 3.63) is 60.2 Å². The van der Waals surface area contributed by atoms with E-state index in [2.05, 4.69) is 36.4 Å². The zero-order valence-corrected chi connectivity index (χ0v) is 13.1. The van der Waals surface area contributed by atoms with Crippen LogP contribution in [0.25, 0.3) is 11.1 Å². The van der Waals surface area contributed by atoms with Crippen LogP contribution in [0.4, 0.5) is 0 Å². The standard InChI is InChI=1S/C18H21ClO2/c1-20-18(21-14-6-5-13-19)17-11-9-16(10-12-17)15-7-3-2-4-8-15/h2-4,7-12,18H,5-6,13-14H2,1H3. The van der Waals surface area contributed by atoms with Crippen molar-refractivity contribution in [2.75, 3.05) is 19.6 Å². The molecule has 0 aromatic heterocycles. The van der Waals surface area contributed by atoms with Gasteiger partial charge in [0.2, 0.25) is 0 Å². The Kier molecular flexibility index (Phi) is 6.74. The van der Waals surface area contributed by atoms with Crippen molar-refractivity contribution in [2.24, 2.45) is 0 Å². The minimum atomic E-state index is -0.315. The van der Waals surface area contributed by atoms with E-state index in [4.69, 9.17) is 21.1 Å². The van der Waals surface area contributed by atoms with Crippen LogP contribution in [-0.2, 0) is 9.47 Å². The summed E-state index contributed by atoms with van der Waals surface area (Å²) in [5.74, 6) is 0.673. The Morgan fingerprint density at radius 3 is 2.19 bits per heavy atom. The molecule has 0 N–H and O–H groups in total. The molecule has 0 fully saturated rings. The molecule has 0 amide bonds. The van der Waals surface area contributed by atoms with E-state index in [9.17, 15) is 0 Å². The first-order chi connectivity index (χ1) is 10.3. The fourth-order valence-corrected chi connectivity index (χ4v) is 2.34. The molecule has 2 rings (SSSR count). The minimum Gasteiger partial charge on any atom is -0.352 e. The van der Waals surface area contributed by atoms with E-state index in [1.165, 1.54) is 11.1 Å². The van der Waals surface area contributed by atoms with Crippen molar-refractivity contribution in [1.82, 2.24) is 0 Å². The first kappa shape index (κ1) is 16.0. The van der Waals surface area contributed by atoms with E-state index in [1.54, 1.807) is 7.11 Å². The summed E-state index contributed by atoms with van der Waals surface area (Å²) in [4.78, 5) is 0. The summed E-state index contributed by atoms with van der Waals surface area (Å²) < 4.78 is 11.2. The van der Waals surface area contributed by atoms with Gasteiger partial charge in [0.25, 0.3) is 0 Å². The third kappa shape index (κ3) is 4.85. The summed E-state index contributed by atoms with van der Waals surface area (Å²) in [5.41, 5.74) is 3.43. The SMILES string of the molecule is COC(OCCCCCl)c1ccc(-c2ccccc2)cc1. The highest BCUT2D eigenvalue weighted by Gasteiger charge is 2.10. The molecule has 1 unspecified atom stereocenters. The molecule has 0 saturated heterocycles. The van der Waals surface area contributed by atoms with Crippen molar-refractivity contribution in [2.45, 2.75) is 19.1 Å². The number of hydrogen-bond donors (Lipinski definition) is 0. The summed E-state index contributed by atoms with van der Waals surface area (Å²) >= 11 is 5.66. The molecular weight excluding hydrogens is 284 g/mol. The highest BCUT2D eigenvalue weighted by Crippen LogP contribution is 2.24. The zero-order valence-electron chi connectivity index (χ0n) is 12.3. The largest absolute Gasteiger partial charge is 0.352 e. The lowest BCUT2D eigenvalue weighted by atomic mass is 10.0. The maximum absolute atomic E-state index is 5.74. The van der Waals surface area contributed by atoms with Crippen LogP contribution in [0.1, 0.15) is 24.7 Å². The Hall–Kier alpha value is -1.35. The molecule has 2 nitrogen and oxygen atoms in total. The second-order valence-electron chi connectivity index (χ2n) is 4.82. The second-order valence-corrected chi connectivity index (χ2v) is 5.20. The number of methoxy groups -OCH3 is 1. The third-order valence-corrected chi connectivity index (χ3v) is 3.57. The normalized spacial score (nSPS) is 12.3. The third-order valence-electron chi connectivity index (χ3n) is 3.30. The van der Waals surface area contributed by atoms with Gasteiger partial charge in [-0.15, -0.1) is 11.6 Å². The van der Waals surface area contributed by atoms with Gasteiger partial charge in [-0.05, 0) is 24.0 Å². The second kappa shape index (κ2) is 8.83. The van der Waals surface area contributed by atoms with Gasteiger partial charge in [-0.1, -0.05) is 54.6 Å². The predicted octanol–water partition coefficient (Wildman–Crippen LogP) is 5.03. The van der Waals surface area contributed by atoms with Gasteiger partial charge in [0.15, 0.2) is 6.29 Å². The zero-order chi connectivity index (χ0) is 14.9. The Bertz CT molecular complexity index is 511. The molecule has 3 heteroatoms. The number of hydrogen-bond acceptors (Lipinski definition) is 2. The van der Waals surface area contributed by atoms with Gasteiger partial charge in [0.05, 0.1) is 6.61 Å². The molecule has 112 valence electrons. The monoisotopic (exact) mass is 304 g/mol. The van der Waals surface area contributed by atoms with Crippen LogP contribution in [0.3, 0.4) is 0 Å². The lowest BCUT2D eigenvalue weighted by Gasteiger charge is -2.17. The molecule has 21 heavy (non-hydrogen) atoms. The van der Waals surface area contributed by atoms with Gasteiger partial charge in [0, 0.05) is 18.6 Å². The van der Waals surface area contributed by atoms with E-state index in [0.29, 0.717) is 12.5 Å². The highest BCUT2D eigenvalue weighted by molar-refractivity contribution is 6.17. The Morgan fingerprint density at radius 1 is 0.905 bits per heavy atom. The topological polar surface area (TPSA) is 18.5 Å². The Morgan fingerprint density at radius 2 is 1.57 bits per heavy atom. The summed E-state index contributed by atoms with van der Waals surface area (Å²) in [7, 11) is 1.66. The highest BCUT2D eigenvalue weighted by atomic mass is 35.5. The number of halogens is 1. The van der Waals surface area contributed by atoms with Crippen LogP contribution in [0.2, 0.25) is 0 Å². The van der Waals surface area contributed by atoms with Gasteiger partial charge < -0.3 is 9.47 Å². The van der Waals surface area contributed by atoms with Crippen LogP contribution in [-0.4, -0.2) is 19.6 Å². The summed E-state index contributed by atoms with van der Waals surface area (Å²) in [6, 6.07) is 18.6. The van der Waals surface area contributed by atoms with Gasteiger partial charge in [-0.3, -0.25) is 0 Å². The van der Waals surface area contributed by atoms with Crippen molar-refractivity contribution in [3.63, 3.8) is 0 Å². The fourth-order valence-electron chi connectivity index (χ4n) is 2.15. The summed E-state index contributed by atoms with van der Waals surface area (Å²) in [5, 5.41) is 0. The molecule has 2 aromatic carbocycles. The van der Waals surface area contributed by atoms with Gasteiger partial charge in [0.1, 0.15) is 0 Å². The van der Waals surface area contributed by atoms with Gasteiger partial charge in [-0.25, -0.2) is 0 Å². The number of alkyl halides is 1. The lowest BCUT2D eigenvalue weighted by Crippen LogP contribution is -2.07. The molecule has 0 heterocycles. The van der Waals surface area contributed by atoms with E-state index >= 15 is 0 Å². The van der Waals surface area contributed by atoms with Crippen molar-refractivity contribution in [3.8, 4) is 11.1 Å². The molecule has 0 aliphatic carbocycles. The fraction of sp³-hybridized carbons (Fsp3) is 0.333. The van der Waals surface area contributed by atoms with E-state index in [0.717, 1.165) is 18.4 Å². The molecule has 0 saturated carbocycles. The Balaban J connectivity index is 1.99. The van der Waals surface area contributed by atoms with Crippen molar-refractivity contribution < 1.29 is 9.47 Å². The van der Waals surface area contributed by atoms with Crippen molar-refractivity contribution in [1.29, 1.82) is 0 Å². The molecule has 0 aliphatic heterocycles. The lowest BCUT2D eigenvalue weighted by molar-refractivity contribution is -0.128. The first-order valence-corrected chi connectivity index (χ1v) is 7.74. The molecule has 2 aromatic rings. The van der Waals surface area contributed by atoms with Crippen LogP contribution in [0.5, 0.6) is 0 Å². The molecule has 0 radical (unpaired) electrons. The molecular formula is C18H21ClO2. The molecule has 0 bridgehead atoms. The maximum atomic E-state index is 5.74. The van der Waals surface area contributed by atoms with Crippen molar-refractivity contribution >= 4 is 11.6 Å². The summed E-state index contributed by atoms with van der Waals surface area (Å²) in [6.45, 7) is 0.658. The van der Waals surface area contributed by atoms with Crippen LogP contribution in [0.15, 0.2) is 54.6 Å². The Labute approximate surface area is 131 Å². The average molecular weight is 305 g/mol. The van der Waals surface area contributed by atoms with Gasteiger partial charge in [-0.2, -0.15) is 0 Å². The maximum Gasteiger partial charge on any atom is 0.183 e. The first-order valence-electron chi connectivity index (χ1n) is 7.21. The van der Waals surface area contributed by atoms with Gasteiger partial charge >= 0.3 is 0 Å². The average Bonchev–Trinajstić information content (AvgIpc) is 2.56. The van der Waals surface area contributed by atoms with E-state index in [1.807, 2.05) is 18.2 Å². The number of unbranched alkanes of at least 4 members (excludes halogenated alkanes) is 1. The minimum absolute atomic E-state index is 0.315. The summed E-state index contributed by atoms with van der Waals surface area (Å²) in [6.07, 6.45) is 1.60. The van der Waals surface area contributed by atoms with Crippen LogP contribution in [0, 0.1) is 0 Å². The number of benzene rings is 2.